The van der Waals surface area contributed by atoms with Gasteiger partial charge in [-0.15, -0.1) is 11.3 Å². The van der Waals surface area contributed by atoms with Gasteiger partial charge in [0, 0.05) is 44.5 Å². The Balaban J connectivity index is 2.57. The van der Waals surface area contributed by atoms with E-state index in [2.05, 4.69) is 22.1 Å². The summed E-state index contributed by atoms with van der Waals surface area (Å²) in [5.74, 6) is 0. The van der Waals surface area contributed by atoms with E-state index in [-0.39, 0.29) is 0 Å². The van der Waals surface area contributed by atoms with Crippen LogP contribution in [0.2, 0.25) is 0 Å². The number of fused-ring (bicyclic) bond motifs is 3. The fourth-order valence-corrected chi connectivity index (χ4v) is 2.75. The van der Waals surface area contributed by atoms with Crippen molar-refractivity contribution in [3.05, 3.63) is 36.4 Å². The first-order valence-electron chi connectivity index (χ1n) is 4.43. The maximum Gasteiger partial charge on any atom is 0.0389 e. The molecule has 3 heteroatoms. The highest BCUT2D eigenvalue weighted by Gasteiger charge is 2.04. The highest BCUT2D eigenvalue weighted by Crippen LogP contribution is 2.32. The molecule has 0 saturated heterocycles. The molecule has 0 aliphatic rings. The van der Waals surface area contributed by atoms with E-state index in [0.29, 0.717) is 0 Å². The Bertz CT molecular complexity index is 613. The molecule has 0 atom stereocenters. The molecule has 0 aliphatic carbocycles. The van der Waals surface area contributed by atoms with Crippen LogP contribution in [0.3, 0.4) is 0 Å². The van der Waals surface area contributed by atoms with Gasteiger partial charge in [-0.1, -0.05) is 0 Å². The van der Waals surface area contributed by atoms with Crippen LogP contribution in [-0.2, 0) is 0 Å². The second-order valence-electron chi connectivity index (χ2n) is 3.30. The lowest BCUT2D eigenvalue weighted by molar-refractivity contribution is 1.23. The molecule has 3 aromatic heterocycles. The van der Waals surface area contributed by atoms with Gasteiger partial charge >= 0.3 is 0 Å². The first-order valence-corrected chi connectivity index (χ1v) is 5.25. The molecule has 0 amide bonds. The Morgan fingerprint density at radius 2 is 2.00 bits per heavy atom. The monoisotopic (exact) mass is 200 g/mol. The lowest BCUT2D eigenvalue weighted by Crippen LogP contribution is -1.77. The van der Waals surface area contributed by atoms with E-state index in [1.165, 1.54) is 20.2 Å². The smallest absolute Gasteiger partial charge is 0.0389 e. The van der Waals surface area contributed by atoms with Gasteiger partial charge in [-0.05, 0) is 19.1 Å². The fraction of sp³-hybridized carbons (Fsp3) is 0.0909. The van der Waals surface area contributed by atoms with Crippen molar-refractivity contribution in [2.24, 2.45) is 0 Å². The van der Waals surface area contributed by atoms with Crippen molar-refractivity contribution in [2.75, 3.05) is 0 Å². The van der Waals surface area contributed by atoms with Crippen molar-refractivity contribution < 1.29 is 0 Å². The molecule has 14 heavy (non-hydrogen) atoms. The summed E-state index contributed by atoms with van der Waals surface area (Å²) in [4.78, 5) is 8.45. The molecule has 68 valence electrons. The maximum absolute atomic E-state index is 4.31. The summed E-state index contributed by atoms with van der Waals surface area (Å²) in [7, 11) is 0. The molecule has 3 rings (SSSR count). The average Bonchev–Trinajstić information content (AvgIpc) is 2.54. The largest absolute Gasteiger partial charge is 0.264 e. The summed E-state index contributed by atoms with van der Waals surface area (Å²) >= 11 is 1.80. The highest BCUT2D eigenvalue weighted by atomic mass is 32.1. The van der Waals surface area contributed by atoms with Crippen LogP contribution in [0.4, 0.5) is 0 Å². The Morgan fingerprint density at radius 3 is 2.93 bits per heavy atom. The minimum atomic E-state index is 1.07. The van der Waals surface area contributed by atoms with Crippen LogP contribution >= 0.6 is 11.3 Å². The third kappa shape index (κ3) is 1.02. The van der Waals surface area contributed by atoms with Gasteiger partial charge in [0.1, 0.15) is 0 Å². The summed E-state index contributed by atoms with van der Waals surface area (Å²) in [6, 6.07) is 4.18. The van der Waals surface area contributed by atoms with Crippen molar-refractivity contribution in [3.8, 4) is 0 Å². The number of aromatic nitrogens is 2. The van der Waals surface area contributed by atoms with E-state index < -0.39 is 0 Å². The van der Waals surface area contributed by atoms with Gasteiger partial charge in [-0.25, -0.2) is 0 Å². The molecule has 0 radical (unpaired) electrons. The van der Waals surface area contributed by atoms with Crippen LogP contribution in [0, 0.1) is 6.92 Å². The Labute approximate surface area is 85.2 Å². The van der Waals surface area contributed by atoms with Gasteiger partial charge in [0.25, 0.3) is 0 Å². The zero-order valence-electron chi connectivity index (χ0n) is 7.69. The summed E-state index contributed by atoms with van der Waals surface area (Å²) in [5.41, 5.74) is 1.07. The molecule has 3 aromatic rings. The second-order valence-corrected chi connectivity index (χ2v) is 4.38. The van der Waals surface area contributed by atoms with E-state index >= 15 is 0 Å². The Kier molecular flexibility index (Phi) is 1.55. The third-order valence-electron chi connectivity index (χ3n) is 2.29. The number of nitrogens with zero attached hydrogens (tertiary/aromatic N) is 2. The van der Waals surface area contributed by atoms with Crippen molar-refractivity contribution in [1.29, 1.82) is 0 Å². The normalized spacial score (nSPS) is 11.2. The maximum atomic E-state index is 4.31. The fourth-order valence-electron chi connectivity index (χ4n) is 1.61. The molecular weight excluding hydrogens is 192 g/mol. The van der Waals surface area contributed by atoms with E-state index in [1.54, 1.807) is 11.3 Å². The molecule has 0 aliphatic heterocycles. The van der Waals surface area contributed by atoms with Gasteiger partial charge in [-0.2, -0.15) is 0 Å². The van der Waals surface area contributed by atoms with Crippen molar-refractivity contribution in [3.63, 3.8) is 0 Å². The lowest BCUT2D eigenvalue weighted by Gasteiger charge is -1.91. The standard InChI is InChI=1S/C11H8N2S/c1-7-4-11-9(6-13-7)8-5-12-3-2-10(8)14-11/h2-6H,1H3. The first-order chi connectivity index (χ1) is 6.84. The van der Waals surface area contributed by atoms with Gasteiger partial charge in [0.05, 0.1) is 0 Å². The number of aryl methyl sites for hydroxylation is 1. The van der Waals surface area contributed by atoms with Crippen LogP contribution in [-0.4, -0.2) is 9.97 Å². The van der Waals surface area contributed by atoms with Crippen LogP contribution in [0.1, 0.15) is 5.69 Å². The van der Waals surface area contributed by atoms with E-state index in [9.17, 15) is 0 Å². The number of hydrogen-bond donors (Lipinski definition) is 0. The second kappa shape index (κ2) is 2.75. The average molecular weight is 200 g/mol. The van der Waals surface area contributed by atoms with Crippen molar-refractivity contribution in [1.82, 2.24) is 9.97 Å². The quantitative estimate of drug-likeness (QED) is 0.557. The van der Waals surface area contributed by atoms with Gasteiger partial charge in [0.2, 0.25) is 0 Å². The summed E-state index contributed by atoms with van der Waals surface area (Å²) in [6.45, 7) is 2.02. The number of pyridine rings is 2. The Hall–Kier alpha value is -1.48. The topological polar surface area (TPSA) is 25.8 Å². The number of rotatable bonds is 0. The van der Waals surface area contributed by atoms with Crippen LogP contribution in [0.25, 0.3) is 20.2 Å². The molecule has 2 nitrogen and oxygen atoms in total. The molecule has 0 saturated carbocycles. The molecule has 0 N–H and O–H groups in total. The van der Waals surface area contributed by atoms with Gasteiger partial charge < -0.3 is 0 Å². The van der Waals surface area contributed by atoms with Crippen molar-refractivity contribution >= 4 is 31.5 Å². The molecule has 0 aromatic carbocycles. The minimum absolute atomic E-state index is 1.07. The molecule has 0 unspecified atom stereocenters. The van der Waals surface area contributed by atoms with Gasteiger partial charge in [-0.3, -0.25) is 9.97 Å². The zero-order chi connectivity index (χ0) is 9.54. The van der Waals surface area contributed by atoms with Crippen LogP contribution < -0.4 is 0 Å². The van der Waals surface area contributed by atoms with E-state index in [0.717, 1.165) is 5.69 Å². The lowest BCUT2D eigenvalue weighted by atomic mass is 10.2. The molecule has 0 bridgehead atoms. The third-order valence-corrected chi connectivity index (χ3v) is 3.43. The first kappa shape index (κ1) is 7.88. The molecule has 0 fully saturated rings. The predicted octanol–water partition coefficient (Wildman–Crippen LogP) is 3.15. The van der Waals surface area contributed by atoms with E-state index in [1.807, 2.05) is 25.5 Å². The minimum Gasteiger partial charge on any atom is -0.264 e. The summed E-state index contributed by atoms with van der Waals surface area (Å²) < 4.78 is 2.57. The molecule has 3 heterocycles. The SMILES string of the molecule is Cc1cc2sc3ccncc3c2cn1. The van der Waals surface area contributed by atoms with Crippen LogP contribution in [0.15, 0.2) is 30.7 Å². The number of thiophene rings is 1. The van der Waals surface area contributed by atoms with E-state index in [4.69, 9.17) is 0 Å². The predicted molar refractivity (Wildman–Crippen MR) is 59.7 cm³/mol. The van der Waals surface area contributed by atoms with Crippen molar-refractivity contribution in [2.45, 2.75) is 6.92 Å². The zero-order valence-corrected chi connectivity index (χ0v) is 8.51. The summed E-state index contributed by atoms with van der Waals surface area (Å²) in [5, 5.41) is 2.42. The highest BCUT2D eigenvalue weighted by molar-refractivity contribution is 7.25. The number of hydrogen-bond acceptors (Lipinski definition) is 3. The Morgan fingerprint density at radius 1 is 1.14 bits per heavy atom. The summed E-state index contributed by atoms with van der Waals surface area (Å²) in [6.07, 6.45) is 5.67. The van der Waals surface area contributed by atoms with Crippen LogP contribution in [0.5, 0.6) is 0 Å². The molecular formula is C11H8N2S. The van der Waals surface area contributed by atoms with Gasteiger partial charge in [0.15, 0.2) is 0 Å². The molecule has 0 spiro atoms.